The summed E-state index contributed by atoms with van der Waals surface area (Å²) in [6.45, 7) is 2.60. The topological polar surface area (TPSA) is 59.2 Å². The molecule has 0 aliphatic carbocycles. The first kappa shape index (κ1) is 15.5. The van der Waals surface area contributed by atoms with E-state index in [0.717, 1.165) is 48.6 Å². The van der Waals surface area contributed by atoms with Crippen LogP contribution in [0.25, 0.3) is 11.0 Å². The van der Waals surface area contributed by atoms with Crippen molar-refractivity contribution in [3.05, 3.63) is 54.4 Å². The number of hydrogen-bond acceptors (Lipinski definition) is 4. The normalized spacial score (nSPS) is 11.0. The van der Waals surface area contributed by atoms with E-state index in [1.807, 2.05) is 30.3 Å². The fourth-order valence-electron chi connectivity index (χ4n) is 2.36. The van der Waals surface area contributed by atoms with Crippen LogP contribution in [0.3, 0.4) is 0 Å². The van der Waals surface area contributed by atoms with Gasteiger partial charge in [-0.3, -0.25) is 0 Å². The molecule has 120 valence electrons. The average Bonchev–Trinajstić information content (AvgIpc) is 3.04. The van der Waals surface area contributed by atoms with Crippen LogP contribution in [0, 0.1) is 0 Å². The maximum Gasteiger partial charge on any atom is 0.129 e. The van der Waals surface area contributed by atoms with Crippen molar-refractivity contribution in [2.75, 3.05) is 20.3 Å². The van der Waals surface area contributed by atoms with E-state index in [1.54, 1.807) is 13.4 Å². The quantitative estimate of drug-likeness (QED) is 0.625. The molecule has 5 heteroatoms. The molecular weight excluding hydrogens is 290 g/mol. The van der Waals surface area contributed by atoms with Crippen molar-refractivity contribution in [1.29, 1.82) is 0 Å². The molecule has 0 radical (unpaired) electrons. The van der Waals surface area contributed by atoms with Crippen LogP contribution in [-0.2, 0) is 11.3 Å². The molecule has 2 aromatic carbocycles. The summed E-state index contributed by atoms with van der Waals surface area (Å²) >= 11 is 0. The van der Waals surface area contributed by atoms with Crippen molar-refractivity contribution in [3.63, 3.8) is 0 Å². The summed E-state index contributed by atoms with van der Waals surface area (Å²) in [5.74, 6) is 1.62. The number of methoxy groups -OCH3 is 1. The molecule has 0 atom stereocenters. The fraction of sp³-hybridized carbons (Fsp3) is 0.278. The first-order valence-electron chi connectivity index (χ1n) is 7.75. The van der Waals surface area contributed by atoms with Crippen LogP contribution in [0.2, 0.25) is 0 Å². The second kappa shape index (κ2) is 7.76. The SMILES string of the molecule is COCCCNCc1ccc(Oc2ccc3nc[nH]c3c2)cc1. The summed E-state index contributed by atoms with van der Waals surface area (Å²) in [7, 11) is 1.73. The minimum Gasteiger partial charge on any atom is -0.457 e. The van der Waals surface area contributed by atoms with Gasteiger partial charge in [-0.1, -0.05) is 12.1 Å². The van der Waals surface area contributed by atoms with Gasteiger partial charge in [-0.15, -0.1) is 0 Å². The number of aromatic nitrogens is 2. The molecule has 0 spiro atoms. The zero-order valence-electron chi connectivity index (χ0n) is 13.2. The van der Waals surface area contributed by atoms with E-state index in [2.05, 4.69) is 27.4 Å². The molecule has 3 rings (SSSR count). The first-order chi connectivity index (χ1) is 11.3. The van der Waals surface area contributed by atoms with Gasteiger partial charge in [0, 0.05) is 26.3 Å². The molecule has 0 saturated heterocycles. The zero-order valence-corrected chi connectivity index (χ0v) is 13.2. The molecule has 0 aliphatic rings. The monoisotopic (exact) mass is 311 g/mol. The van der Waals surface area contributed by atoms with Crippen LogP contribution in [0.1, 0.15) is 12.0 Å². The molecule has 0 bridgehead atoms. The number of hydrogen-bond donors (Lipinski definition) is 2. The van der Waals surface area contributed by atoms with Gasteiger partial charge in [0.05, 0.1) is 17.4 Å². The molecule has 3 aromatic rings. The lowest BCUT2D eigenvalue weighted by atomic mass is 10.2. The van der Waals surface area contributed by atoms with Crippen LogP contribution in [-0.4, -0.2) is 30.2 Å². The molecule has 2 N–H and O–H groups in total. The highest BCUT2D eigenvalue weighted by molar-refractivity contribution is 5.76. The molecule has 0 amide bonds. The standard InChI is InChI=1S/C18H21N3O2/c1-22-10-2-9-19-12-14-3-5-15(6-4-14)23-16-7-8-17-18(11-16)21-13-20-17/h3-8,11,13,19H,2,9-10,12H2,1H3,(H,20,21). The summed E-state index contributed by atoms with van der Waals surface area (Å²) in [5, 5.41) is 3.39. The Bertz CT molecular complexity index is 737. The Morgan fingerprint density at radius 1 is 1.09 bits per heavy atom. The summed E-state index contributed by atoms with van der Waals surface area (Å²) in [6, 6.07) is 14.0. The van der Waals surface area contributed by atoms with Crippen LogP contribution in [0.15, 0.2) is 48.8 Å². The Balaban J connectivity index is 1.54. The second-order valence-corrected chi connectivity index (χ2v) is 5.35. The van der Waals surface area contributed by atoms with E-state index in [1.165, 1.54) is 5.56 Å². The number of nitrogens with zero attached hydrogens (tertiary/aromatic N) is 1. The molecule has 0 saturated carbocycles. The summed E-state index contributed by atoms with van der Waals surface area (Å²) in [6.07, 6.45) is 2.71. The predicted octanol–water partition coefficient (Wildman–Crippen LogP) is 3.48. The molecule has 0 unspecified atom stereocenters. The van der Waals surface area contributed by atoms with Gasteiger partial charge in [-0.2, -0.15) is 0 Å². The number of H-pyrrole nitrogens is 1. The van der Waals surface area contributed by atoms with Crippen molar-refractivity contribution < 1.29 is 9.47 Å². The van der Waals surface area contributed by atoms with Gasteiger partial charge in [-0.25, -0.2) is 4.98 Å². The van der Waals surface area contributed by atoms with Crippen LogP contribution >= 0.6 is 0 Å². The Labute approximate surface area is 135 Å². The largest absolute Gasteiger partial charge is 0.457 e. The van der Waals surface area contributed by atoms with Crippen molar-refractivity contribution in [1.82, 2.24) is 15.3 Å². The Kier molecular flexibility index (Phi) is 5.24. The number of imidazole rings is 1. The lowest BCUT2D eigenvalue weighted by Crippen LogP contribution is -2.15. The highest BCUT2D eigenvalue weighted by Crippen LogP contribution is 2.24. The third-order valence-corrected chi connectivity index (χ3v) is 3.58. The number of rotatable bonds is 8. The van der Waals surface area contributed by atoms with E-state index in [0.29, 0.717) is 0 Å². The Hall–Kier alpha value is -2.37. The van der Waals surface area contributed by atoms with Gasteiger partial charge in [0.1, 0.15) is 11.5 Å². The van der Waals surface area contributed by atoms with E-state index < -0.39 is 0 Å². The van der Waals surface area contributed by atoms with Crippen LogP contribution in [0.4, 0.5) is 0 Å². The molecular formula is C18H21N3O2. The van der Waals surface area contributed by atoms with Crippen molar-refractivity contribution in [2.45, 2.75) is 13.0 Å². The predicted molar refractivity (Wildman–Crippen MR) is 90.8 cm³/mol. The lowest BCUT2D eigenvalue weighted by Gasteiger charge is -2.08. The minimum absolute atomic E-state index is 0.792. The summed E-state index contributed by atoms with van der Waals surface area (Å²) in [5.41, 5.74) is 3.14. The van der Waals surface area contributed by atoms with Gasteiger partial charge in [0.2, 0.25) is 0 Å². The van der Waals surface area contributed by atoms with E-state index in [9.17, 15) is 0 Å². The van der Waals surface area contributed by atoms with Gasteiger partial charge in [0.25, 0.3) is 0 Å². The summed E-state index contributed by atoms with van der Waals surface area (Å²) in [4.78, 5) is 7.28. The van der Waals surface area contributed by atoms with Gasteiger partial charge in [0.15, 0.2) is 0 Å². The van der Waals surface area contributed by atoms with Crippen molar-refractivity contribution in [3.8, 4) is 11.5 Å². The number of aromatic amines is 1. The smallest absolute Gasteiger partial charge is 0.129 e. The van der Waals surface area contributed by atoms with E-state index in [-0.39, 0.29) is 0 Å². The number of nitrogens with one attached hydrogen (secondary N) is 2. The van der Waals surface area contributed by atoms with E-state index >= 15 is 0 Å². The third kappa shape index (κ3) is 4.31. The number of ether oxygens (including phenoxy) is 2. The van der Waals surface area contributed by atoms with Crippen LogP contribution in [0.5, 0.6) is 11.5 Å². The van der Waals surface area contributed by atoms with Crippen molar-refractivity contribution in [2.24, 2.45) is 0 Å². The Morgan fingerprint density at radius 3 is 2.74 bits per heavy atom. The molecule has 23 heavy (non-hydrogen) atoms. The minimum atomic E-state index is 0.792. The fourth-order valence-corrected chi connectivity index (χ4v) is 2.36. The van der Waals surface area contributed by atoms with Gasteiger partial charge >= 0.3 is 0 Å². The molecule has 0 fully saturated rings. The maximum absolute atomic E-state index is 5.88. The Morgan fingerprint density at radius 2 is 1.91 bits per heavy atom. The van der Waals surface area contributed by atoms with Crippen LogP contribution < -0.4 is 10.1 Å². The second-order valence-electron chi connectivity index (χ2n) is 5.35. The van der Waals surface area contributed by atoms with Gasteiger partial charge < -0.3 is 19.8 Å². The molecule has 0 aliphatic heterocycles. The highest BCUT2D eigenvalue weighted by Gasteiger charge is 2.01. The molecule has 1 heterocycles. The maximum atomic E-state index is 5.88. The van der Waals surface area contributed by atoms with Crippen molar-refractivity contribution >= 4 is 11.0 Å². The average molecular weight is 311 g/mol. The number of benzene rings is 2. The van der Waals surface area contributed by atoms with E-state index in [4.69, 9.17) is 9.47 Å². The highest BCUT2D eigenvalue weighted by atomic mass is 16.5. The molecule has 5 nitrogen and oxygen atoms in total. The zero-order chi connectivity index (χ0) is 15.9. The molecule has 1 aromatic heterocycles. The first-order valence-corrected chi connectivity index (χ1v) is 7.75. The number of fused-ring (bicyclic) bond motifs is 1. The third-order valence-electron chi connectivity index (χ3n) is 3.58. The summed E-state index contributed by atoms with van der Waals surface area (Å²) < 4.78 is 10.9. The lowest BCUT2D eigenvalue weighted by molar-refractivity contribution is 0.194. The van der Waals surface area contributed by atoms with Gasteiger partial charge in [-0.05, 0) is 42.8 Å².